The number of carbonyl (C=O) groups excluding carboxylic acids is 1. The van der Waals surface area contributed by atoms with E-state index in [0.717, 1.165) is 17.5 Å². The first-order valence-corrected chi connectivity index (χ1v) is 4.92. The van der Waals surface area contributed by atoms with Gasteiger partial charge in [-0.3, -0.25) is 0 Å². The van der Waals surface area contributed by atoms with E-state index in [4.69, 9.17) is 0 Å². The molecule has 0 aliphatic heterocycles. The Bertz CT molecular complexity index is 318. The van der Waals surface area contributed by atoms with Crippen molar-refractivity contribution in [3.8, 4) is 0 Å². The van der Waals surface area contributed by atoms with Crippen molar-refractivity contribution in [2.45, 2.75) is 32.6 Å². The first-order valence-electron chi connectivity index (χ1n) is 4.92. The predicted molar refractivity (Wildman–Crippen MR) is 53.9 cm³/mol. The van der Waals surface area contributed by atoms with Crippen molar-refractivity contribution < 1.29 is 9.90 Å². The van der Waals surface area contributed by atoms with Gasteiger partial charge in [0.15, 0.2) is 0 Å². The summed E-state index contributed by atoms with van der Waals surface area (Å²) in [5.74, 6) is -0.605. The number of carboxylic acid groups (broad SMARTS) is 1. The van der Waals surface area contributed by atoms with E-state index in [1.54, 1.807) is 0 Å². The highest BCUT2D eigenvalue weighted by atomic mass is 16.4. The molecule has 0 radical (unpaired) electrons. The fourth-order valence-corrected chi connectivity index (χ4v) is 1.55. The van der Waals surface area contributed by atoms with Gasteiger partial charge in [0, 0.05) is 12.4 Å². The first-order chi connectivity index (χ1) is 6.65. The molecule has 0 amide bonds. The molecule has 0 heterocycles. The summed E-state index contributed by atoms with van der Waals surface area (Å²) >= 11 is 0. The van der Waals surface area contributed by atoms with E-state index in [9.17, 15) is 9.90 Å². The zero-order valence-corrected chi connectivity index (χ0v) is 8.62. The Hall–Kier alpha value is -1.31. The lowest BCUT2D eigenvalue weighted by atomic mass is 9.92. The fraction of sp³-hybridized carbons (Fsp3) is 0.417. The molecule has 0 saturated carbocycles. The monoisotopic (exact) mass is 191 g/mol. The molecule has 0 spiro atoms. The third kappa shape index (κ3) is 2.59. The Labute approximate surface area is 84.6 Å². The third-order valence-electron chi connectivity index (χ3n) is 2.53. The minimum absolute atomic E-state index is 0.0144. The molecule has 0 unspecified atom stereocenters. The van der Waals surface area contributed by atoms with Gasteiger partial charge in [0.2, 0.25) is 0 Å². The number of benzene rings is 1. The van der Waals surface area contributed by atoms with Crippen LogP contribution in [0.15, 0.2) is 24.3 Å². The summed E-state index contributed by atoms with van der Waals surface area (Å²) in [4.78, 5) is 10.5. The van der Waals surface area contributed by atoms with E-state index in [1.807, 2.05) is 24.3 Å². The van der Waals surface area contributed by atoms with Crippen molar-refractivity contribution in [1.82, 2.24) is 0 Å². The maximum absolute atomic E-state index is 10.5. The zero-order chi connectivity index (χ0) is 10.6. The van der Waals surface area contributed by atoms with Crippen molar-refractivity contribution in [2.75, 3.05) is 0 Å². The SMILES string of the molecule is CC[C@H](C)c1ccccc1CC(=O)[O-]. The largest absolute Gasteiger partial charge is 0.550 e. The Kier molecular flexibility index (Phi) is 3.69. The summed E-state index contributed by atoms with van der Waals surface area (Å²) < 4.78 is 0. The Morgan fingerprint density at radius 2 is 2.07 bits per heavy atom. The molecule has 2 nitrogen and oxygen atoms in total. The van der Waals surface area contributed by atoms with Gasteiger partial charge in [0.1, 0.15) is 0 Å². The second-order valence-corrected chi connectivity index (χ2v) is 3.56. The van der Waals surface area contributed by atoms with Gasteiger partial charge in [-0.2, -0.15) is 0 Å². The molecule has 0 aliphatic carbocycles. The highest BCUT2D eigenvalue weighted by Crippen LogP contribution is 2.22. The van der Waals surface area contributed by atoms with Gasteiger partial charge < -0.3 is 9.90 Å². The molecule has 0 fully saturated rings. The van der Waals surface area contributed by atoms with Crippen LogP contribution in [-0.4, -0.2) is 5.97 Å². The minimum atomic E-state index is -1.01. The molecule has 76 valence electrons. The summed E-state index contributed by atoms with van der Waals surface area (Å²) in [7, 11) is 0. The van der Waals surface area contributed by atoms with E-state index < -0.39 is 5.97 Å². The van der Waals surface area contributed by atoms with Gasteiger partial charge >= 0.3 is 0 Å². The van der Waals surface area contributed by atoms with Crippen LogP contribution in [0.25, 0.3) is 0 Å². The van der Waals surface area contributed by atoms with Gasteiger partial charge in [0.25, 0.3) is 0 Å². The lowest BCUT2D eigenvalue weighted by Crippen LogP contribution is -2.25. The van der Waals surface area contributed by atoms with Crippen LogP contribution in [0.2, 0.25) is 0 Å². The van der Waals surface area contributed by atoms with Gasteiger partial charge in [0.05, 0.1) is 0 Å². The molecule has 1 aromatic rings. The summed E-state index contributed by atoms with van der Waals surface area (Å²) in [5, 5.41) is 10.5. The molecular weight excluding hydrogens is 176 g/mol. The second-order valence-electron chi connectivity index (χ2n) is 3.56. The Morgan fingerprint density at radius 1 is 1.43 bits per heavy atom. The quantitative estimate of drug-likeness (QED) is 0.723. The maximum Gasteiger partial charge on any atom is 0.0458 e. The lowest BCUT2D eigenvalue weighted by molar-refractivity contribution is -0.304. The summed E-state index contributed by atoms with van der Waals surface area (Å²) in [5.41, 5.74) is 2.00. The molecule has 0 aliphatic rings. The number of carboxylic acids is 1. The summed E-state index contributed by atoms with van der Waals surface area (Å²) in [6.07, 6.45) is 1.03. The lowest BCUT2D eigenvalue weighted by Gasteiger charge is -2.14. The number of hydrogen-bond acceptors (Lipinski definition) is 2. The number of hydrogen-bond donors (Lipinski definition) is 0. The zero-order valence-electron chi connectivity index (χ0n) is 8.62. The van der Waals surface area contributed by atoms with Crippen molar-refractivity contribution in [3.63, 3.8) is 0 Å². The van der Waals surface area contributed by atoms with Crippen molar-refractivity contribution in [1.29, 1.82) is 0 Å². The number of aliphatic carboxylic acids is 1. The molecule has 0 aromatic heterocycles. The molecule has 0 saturated heterocycles. The fourth-order valence-electron chi connectivity index (χ4n) is 1.55. The predicted octanol–water partition coefficient (Wildman–Crippen LogP) is 1.49. The number of carbonyl (C=O) groups is 1. The molecule has 1 atom stereocenters. The van der Waals surface area contributed by atoms with Crippen LogP contribution in [0, 0.1) is 0 Å². The molecule has 1 rings (SSSR count). The smallest absolute Gasteiger partial charge is 0.0458 e. The Morgan fingerprint density at radius 3 is 2.64 bits per heavy atom. The van der Waals surface area contributed by atoms with Crippen LogP contribution in [0.3, 0.4) is 0 Å². The maximum atomic E-state index is 10.5. The van der Waals surface area contributed by atoms with E-state index in [2.05, 4.69) is 13.8 Å². The third-order valence-corrected chi connectivity index (χ3v) is 2.53. The molecule has 1 aromatic carbocycles. The van der Waals surface area contributed by atoms with E-state index in [-0.39, 0.29) is 6.42 Å². The molecule has 14 heavy (non-hydrogen) atoms. The van der Waals surface area contributed by atoms with Crippen LogP contribution < -0.4 is 5.11 Å². The molecular formula is C12H15O2-. The van der Waals surface area contributed by atoms with Crippen LogP contribution in [0.5, 0.6) is 0 Å². The van der Waals surface area contributed by atoms with E-state index >= 15 is 0 Å². The van der Waals surface area contributed by atoms with Crippen LogP contribution >= 0.6 is 0 Å². The molecule has 0 bridgehead atoms. The highest BCUT2D eigenvalue weighted by molar-refractivity contribution is 5.68. The van der Waals surface area contributed by atoms with Gasteiger partial charge in [-0.1, -0.05) is 38.1 Å². The molecule has 0 N–H and O–H groups in total. The van der Waals surface area contributed by atoms with E-state index in [0.29, 0.717) is 5.92 Å². The first kappa shape index (κ1) is 10.8. The highest BCUT2D eigenvalue weighted by Gasteiger charge is 2.07. The second kappa shape index (κ2) is 4.80. The normalized spacial score (nSPS) is 12.4. The standard InChI is InChI=1S/C12H16O2/c1-3-9(2)11-7-5-4-6-10(11)8-12(13)14/h4-7,9H,3,8H2,1-2H3,(H,13,14)/p-1/t9-/m0/s1. The van der Waals surface area contributed by atoms with E-state index in [1.165, 1.54) is 0 Å². The average Bonchev–Trinajstić information content (AvgIpc) is 2.16. The van der Waals surface area contributed by atoms with Gasteiger partial charge in [-0.05, 0) is 23.5 Å². The average molecular weight is 191 g/mol. The Balaban J connectivity index is 2.96. The molecule has 2 heteroatoms. The number of rotatable bonds is 4. The minimum Gasteiger partial charge on any atom is -0.550 e. The summed E-state index contributed by atoms with van der Waals surface area (Å²) in [6, 6.07) is 7.66. The van der Waals surface area contributed by atoms with Crippen LogP contribution in [0.1, 0.15) is 37.3 Å². The van der Waals surface area contributed by atoms with Crippen molar-refractivity contribution in [2.24, 2.45) is 0 Å². The van der Waals surface area contributed by atoms with Crippen molar-refractivity contribution >= 4 is 5.97 Å². The van der Waals surface area contributed by atoms with Gasteiger partial charge in [-0.15, -0.1) is 0 Å². The van der Waals surface area contributed by atoms with Crippen molar-refractivity contribution in [3.05, 3.63) is 35.4 Å². The topological polar surface area (TPSA) is 40.1 Å². The van der Waals surface area contributed by atoms with Crippen LogP contribution in [0.4, 0.5) is 0 Å². The van der Waals surface area contributed by atoms with Gasteiger partial charge in [-0.25, -0.2) is 0 Å². The van der Waals surface area contributed by atoms with Crippen LogP contribution in [-0.2, 0) is 11.2 Å². The summed E-state index contributed by atoms with van der Waals surface area (Å²) in [6.45, 7) is 4.20.